The second kappa shape index (κ2) is 24.7. The number of fused-ring (bicyclic) bond motifs is 3. The SMILES string of the molecule is Cn1c(=O)n(C2CCC(=O)NC2=O)c2ccc(CC[C@H]3CC[C@@H](C(=O)N4CCC5CC[C@@H](C(=O)N[C@@H](CCC(N)=O)C(=O)NC(c6ccccc6)c6ccccc6)N5C(=O)[C@@H](NC(=O)c5cc6cc(C(=O)P(=O)(O)O)ccc6[nH]5)C4)CC3)cc21. The highest BCUT2D eigenvalue weighted by atomic mass is 31.2. The van der Waals surface area contributed by atoms with Gasteiger partial charge in [0.05, 0.1) is 17.1 Å². The van der Waals surface area contributed by atoms with Gasteiger partial charge in [-0.2, -0.15) is 0 Å². The number of carbonyl (C=O) groups excluding carboxylic acids is 9. The summed E-state index contributed by atoms with van der Waals surface area (Å²) in [6.07, 6.45) is 5.02. The van der Waals surface area contributed by atoms with E-state index in [0.717, 1.165) is 36.0 Å². The van der Waals surface area contributed by atoms with Gasteiger partial charge in [0.25, 0.3) is 11.4 Å². The number of carbonyl (C=O) groups is 9. The minimum atomic E-state index is -5.13. The van der Waals surface area contributed by atoms with Crippen molar-refractivity contribution in [3.63, 3.8) is 0 Å². The van der Waals surface area contributed by atoms with Crippen molar-refractivity contribution in [3.8, 4) is 0 Å². The van der Waals surface area contributed by atoms with Gasteiger partial charge in [-0.3, -0.25) is 62.2 Å². The van der Waals surface area contributed by atoms with Crippen LogP contribution < -0.4 is 32.7 Å². The van der Waals surface area contributed by atoms with Crippen molar-refractivity contribution in [2.45, 2.75) is 120 Å². The molecule has 5 heterocycles. The molecule has 23 nitrogen and oxygen atoms in total. The monoisotopic (exact) mass is 1170 g/mol. The lowest BCUT2D eigenvalue weighted by atomic mass is 9.79. The van der Waals surface area contributed by atoms with Gasteiger partial charge in [0.1, 0.15) is 29.9 Å². The summed E-state index contributed by atoms with van der Waals surface area (Å²) in [4.78, 5) is 161. The lowest BCUT2D eigenvalue weighted by Gasteiger charge is -2.40. The molecule has 3 saturated heterocycles. The fourth-order valence-electron chi connectivity index (χ4n) is 12.6. The van der Waals surface area contributed by atoms with Crippen LogP contribution in [0.4, 0.5) is 0 Å². The molecule has 2 unspecified atom stereocenters. The normalized spacial score (nSPS) is 21.5. The quantitative estimate of drug-likeness (QED) is 0.0448. The molecule has 24 heteroatoms. The molecule has 4 fully saturated rings. The molecule has 84 heavy (non-hydrogen) atoms. The Bertz CT molecular complexity index is 3640. The van der Waals surface area contributed by atoms with Crippen LogP contribution in [0.5, 0.6) is 0 Å². The van der Waals surface area contributed by atoms with Crippen molar-refractivity contribution in [1.82, 2.24) is 45.2 Å². The van der Waals surface area contributed by atoms with E-state index in [1.807, 2.05) is 78.9 Å². The van der Waals surface area contributed by atoms with E-state index in [4.69, 9.17) is 5.73 Å². The number of piperidine rings is 1. The predicted molar refractivity (Wildman–Crippen MR) is 306 cm³/mol. The number of nitrogens with one attached hydrogen (secondary N) is 5. The molecule has 5 atom stereocenters. The summed E-state index contributed by atoms with van der Waals surface area (Å²) in [7, 11) is -3.48. The van der Waals surface area contributed by atoms with Crippen LogP contribution in [0.3, 0.4) is 0 Å². The number of amides is 8. The molecule has 2 aromatic heterocycles. The molecule has 3 aliphatic heterocycles. The van der Waals surface area contributed by atoms with Gasteiger partial charge in [0, 0.05) is 61.4 Å². The molecule has 9 N–H and O–H groups in total. The zero-order chi connectivity index (χ0) is 59.6. The number of aryl methyl sites for hydroxylation is 2. The highest BCUT2D eigenvalue weighted by Crippen LogP contribution is 2.40. The van der Waals surface area contributed by atoms with Crippen LogP contribution in [0.25, 0.3) is 21.9 Å². The minimum absolute atomic E-state index is 0.0636. The molecular weight excluding hydrogens is 1100 g/mol. The number of nitrogens with two attached hydrogens (primary N) is 1. The third kappa shape index (κ3) is 12.7. The van der Waals surface area contributed by atoms with Crippen LogP contribution in [0, 0.1) is 11.8 Å². The van der Waals surface area contributed by atoms with Crippen LogP contribution in [0.15, 0.2) is 108 Å². The molecule has 10 rings (SSSR count). The van der Waals surface area contributed by atoms with E-state index >= 15 is 4.79 Å². The highest BCUT2D eigenvalue weighted by molar-refractivity contribution is 7.70. The molecule has 0 radical (unpaired) electrons. The topological polar surface area (TPSA) is 335 Å². The number of primary amides is 1. The van der Waals surface area contributed by atoms with Gasteiger partial charge in [-0.05, 0) is 130 Å². The third-order valence-electron chi connectivity index (χ3n) is 17.1. The Morgan fingerprint density at radius 2 is 1.49 bits per heavy atom. The van der Waals surface area contributed by atoms with Crippen LogP contribution in [0.1, 0.15) is 127 Å². The van der Waals surface area contributed by atoms with Crippen LogP contribution >= 0.6 is 7.60 Å². The van der Waals surface area contributed by atoms with E-state index in [1.165, 1.54) is 38.3 Å². The maximum absolute atomic E-state index is 15.2. The Labute approximate surface area is 482 Å². The van der Waals surface area contributed by atoms with Crippen molar-refractivity contribution >= 4 is 82.3 Å². The van der Waals surface area contributed by atoms with Gasteiger partial charge in [-0.15, -0.1) is 0 Å². The molecule has 4 aliphatic rings. The lowest BCUT2D eigenvalue weighted by molar-refractivity contribution is -0.147. The summed E-state index contributed by atoms with van der Waals surface area (Å²) in [6, 6.07) is 23.6. The zero-order valence-electron chi connectivity index (χ0n) is 46.2. The average Bonchev–Trinajstić information content (AvgIpc) is 4.38. The smallest absolute Gasteiger partial charge is 0.370 e. The van der Waals surface area contributed by atoms with Crippen molar-refractivity contribution < 1.29 is 57.5 Å². The number of rotatable bonds is 18. The highest BCUT2D eigenvalue weighted by Gasteiger charge is 2.47. The molecule has 0 spiro atoms. The van der Waals surface area contributed by atoms with Crippen LogP contribution in [0.2, 0.25) is 0 Å². The average molecular weight is 1170 g/mol. The van der Waals surface area contributed by atoms with E-state index < -0.39 is 84.8 Å². The largest absolute Gasteiger partial charge is 0.396 e. The summed E-state index contributed by atoms with van der Waals surface area (Å²) < 4.78 is 14.8. The molecular formula is C60H67N10O13P. The summed E-state index contributed by atoms with van der Waals surface area (Å²) in [5.74, 6) is -4.49. The first-order valence-corrected chi connectivity index (χ1v) is 30.0. The molecule has 1 saturated carbocycles. The Hall–Kier alpha value is -8.53. The number of nitrogens with zero attached hydrogens (tertiary/aromatic N) is 4. The van der Waals surface area contributed by atoms with Crippen molar-refractivity contribution in [1.29, 1.82) is 0 Å². The van der Waals surface area contributed by atoms with Gasteiger partial charge in [-0.1, -0.05) is 66.7 Å². The number of hydrogen-bond acceptors (Lipinski definition) is 11. The maximum atomic E-state index is 15.2. The van der Waals surface area contributed by atoms with E-state index in [9.17, 15) is 57.5 Å². The first-order chi connectivity index (χ1) is 40.2. The fraction of sp³-hybridized carbons (Fsp3) is 0.400. The zero-order valence-corrected chi connectivity index (χ0v) is 47.1. The van der Waals surface area contributed by atoms with Gasteiger partial charge < -0.3 is 46.3 Å². The first-order valence-electron chi connectivity index (χ1n) is 28.4. The number of aromatic nitrogens is 3. The van der Waals surface area contributed by atoms with Crippen molar-refractivity contribution in [3.05, 3.63) is 142 Å². The molecule has 1 aliphatic carbocycles. The summed E-state index contributed by atoms with van der Waals surface area (Å²) in [5.41, 5.74) is 7.64. The summed E-state index contributed by atoms with van der Waals surface area (Å²) in [5, 5.41) is 11.3. The van der Waals surface area contributed by atoms with Crippen LogP contribution in [-0.4, -0.2) is 124 Å². The second-order valence-electron chi connectivity index (χ2n) is 22.5. The standard InChI is InChI=1S/C60H67N10O13P/c1-67-49-30-35(16-23-46(49)70(60(67)80)48-25-27-51(72)65-56(48)76)13-12-34-14-17-38(18-15-34)57(77)68-29-28-41-20-24-47(55(75)63-43(22-26-50(61)71)53(73)66-52(36-8-4-2-5-9-36)37-10-6-3-7-11-37)69(41)58(78)45(33-68)64-54(74)44-32-40-31-39(19-21-42(40)62-44)59(79)84(81,82)83/h2-11,16,19,21,23,30-32,34,38,41,43,45,47-48,52,62H,12-15,17-18,20,22,24-29,33H2,1H3,(H2,61,71)(H,63,75)(H,64,74)(H,66,73)(H,65,72,76)(H2,81,82,83)/t34-,38+,41?,43-,45-,47-,48?/m0/s1. The molecule has 0 bridgehead atoms. The predicted octanol–water partition coefficient (Wildman–Crippen LogP) is 3.90. The van der Waals surface area contributed by atoms with E-state index in [2.05, 4.69) is 26.3 Å². The molecule has 4 aromatic carbocycles. The first kappa shape index (κ1) is 58.7. The lowest BCUT2D eigenvalue weighted by Crippen LogP contribution is -2.62. The maximum Gasteiger partial charge on any atom is 0.396 e. The van der Waals surface area contributed by atoms with E-state index in [0.29, 0.717) is 48.7 Å². The van der Waals surface area contributed by atoms with Gasteiger partial charge >= 0.3 is 13.3 Å². The van der Waals surface area contributed by atoms with Crippen molar-refractivity contribution in [2.75, 3.05) is 13.1 Å². The van der Waals surface area contributed by atoms with Gasteiger partial charge in [0.2, 0.25) is 41.4 Å². The van der Waals surface area contributed by atoms with Crippen LogP contribution in [-0.2, 0) is 51.6 Å². The molecule has 440 valence electrons. The Kier molecular flexibility index (Phi) is 17.3. The number of benzene rings is 4. The number of H-pyrrole nitrogens is 1. The fourth-order valence-corrected chi connectivity index (χ4v) is 13.0. The second-order valence-corrected chi connectivity index (χ2v) is 24.0. The Morgan fingerprint density at radius 1 is 0.786 bits per heavy atom. The molecule has 8 amide bonds. The van der Waals surface area contributed by atoms with Gasteiger partial charge in [0.15, 0.2) is 0 Å². The van der Waals surface area contributed by atoms with Crippen molar-refractivity contribution in [2.24, 2.45) is 24.6 Å². The number of imidazole rings is 1. The van der Waals surface area contributed by atoms with E-state index in [-0.39, 0.29) is 91.2 Å². The van der Waals surface area contributed by atoms with E-state index in [1.54, 1.807) is 11.9 Å². The molecule has 6 aromatic rings. The Balaban J connectivity index is 0.847. The summed E-state index contributed by atoms with van der Waals surface area (Å²) >= 11 is 0. The number of aromatic amines is 1. The third-order valence-corrected chi connectivity index (χ3v) is 17.9. The Morgan fingerprint density at radius 3 is 2.15 bits per heavy atom. The minimum Gasteiger partial charge on any atom is -0.370 e. The number of hydrogen-bond donors (Lipinski definition) is 8. The summed E-state index contributed by atoms with van der Waals surface area (Å²) in [6.45, 7) is -0.0563. The number of imide groups is 1. The van der Waals surface area contributed by atoms with Gasteiger partial charge in [-0.25, -0.2) is 4.79 Å².